The summed E-state index contributed by atoms with van der Waals surface area (Å²) in [6, 6.07) is 9.51. The molecule has 0 saturated heterocycles. The molecule has 0 aliphatic carbocycles. The van der Waals surface area contributed by atoms with E-state index in [1.807, 2.05) is 26.0 Å². The van der Waals surface area contributed by atoms with Crippen LogP contribution < -0.4 is 10.6 Å². The Hall–Kier alpha value is -2.69. The highest BCUT2D eigenvalue weighted by molar-refractivity contribution is 5.92. The van der Waals surface area contributed by atoms with Crippen LogP contribution in [0.2, 0.25) is 0 Å². The third-order valence-electron chi connectivity index (χ3n) is 2.96. The largest absolute Gasteiger partial charge is 0.347 e. The van der Waals surface area contributed by atoms with Crippen LogP contribution in [0.1, 0.15) is 21.6 Å². The molecule has 1 heterocycles. The summed E-state index contributed by atoms with van der Waals surface area (Å²) in [5.74, 6) is 0.338. The van der Waals surface area contributed by atoms with Crippen LogP contribution >= 0.6 is 0 Å². The van der Waals surface area contributed by atoms with E-state index in [2.05, 4.69) is 33.5 Å². The van der Waals surface area contributed by atoms with E-state index in [1.165, 1.54) is 0 Å². The number of aromatic nitrogens is 2. The summed E-state index contributed by atoms with van der Waals surface area (Å²) in [5, 5.41) is 13.8. The van der Waals surface area contributed by atoms with Gasteiger partial charge < -0.3 is 10.6 Å². The minimum atomic E-state index is -0.263. The van der Waals surface area contributed by atoms with Crippen molar-refractivity contribution in [1.29, 1.82) is 0 Å². The molecule has 0 bridgehead atoms. The molecule has 0 fully saturated rings. The molecule has 2 N–H and O–H groups in total. The van der Waals surface area contributed by atoms with Gasteiger partial charge in [-0.2, -0.15) is 0 Å². The van der Waals surface area contributed by atoms with Crippen LogP contribution in [0.5, 0.6) is 0 Å². The quantitative estimate of drug-likeness (QED) is 0.827. The first-order chi connectivity index (χ1) is 10.1. The van der Waals surface area contributed by atoms with Gasteiger partial charge in [-0.25, -0.2) is 0 Å². The Balaban J connectivity index is 2.10. The van der Waals surface area contributed by atoms with Gasteiger partial charge in [-0.05, 0) is 43.2 Å². The maximum atomic E-state index is 11.7. The molecule has 108 valence electrons. The van der Waals surface area contributed by atoms with E-state index in [0.29, 0.717) is 12.4 Å². The fraction of sp³-hybridized carbons (Fsp3) is 0.188. The Morgan fingerprint density at radius 1 is 1.24 bits per heavy atom. The maximum Gasteiger partial charge on any atom is 0.272 e. The molecule has 21 heavy (non-hydrogen) atoms. The van der Waals surface area contributed by atoms with E-state index in [0.717, 1.165) is 16.8 Å². The molecule has 0 aliphatic rings. The SMILES string of the molecule is C=CCNC(=O)c1ccc(Nc2cc(C)ccc2C)nn1. The zero-order valence-electron chi connectivity index (χ0n) is 12.2. The van der Waals surface area contributed by atoms with Crippen LogP contribution in [0.25, 0.3) is 0 Å². The number of anilines is 2. The lowest BCUT2D eigenvalue weighted by molar-refractivity contribution is 0.0952. The van der Waals surface area contributed by atoms with E-state index >= 15 is 0 Å². The van der Waals surface area contributed by atoms with Crippen molar-refractivity contribution in [1.82, 2.24) is 15.5 Å². The van der Waals surface area contributed by atoms with Crippen molar-refractivity contribution in [3.63, 3.8) is 0 Å². The molecular weight excluding hydrogens is 264 g/mol. The second-order valence-electron chi connectivity index (χ2n) is 4.75. The van der Waals surface area contributed by atoms with Crippen molar-refractivity contribution in [2.24, 2.45) is 0 Å². The third-order valence-corrected chi connectivity index (χ3v) is 2.96. The number of aryl methyl sites for hydroxylation is 2. The first-order valence-electron chi connectivity index (χ1n) is 6.67. The molecule has 0 atom stereocenters. The number of rotatable bonds is 5. The minimum Gasteiger partial charge on any atom is -0.347 e. The molecule has 0 aliphatic heterocycles. The predicted octanol–water partition coefficient (Wildman–Crippen LogP) is 2.75. The average Bonchev–Trinajstić information content (AvgIpc) is 2.49. The summed E-state index contributed by atoms with van der Waals surface area (Å²) in [4.78, 5) is 11.7. The summed E-state index contributed by atoms with van der Waals surface area (Å²) in [5.41, 5.74) is 3.54. The number of hydrogen-bond donors (Lipinski definition) is 2. The molecule has 2 aromatic rings. The van der Waals surface area contributed by atoms with Crippen molar-refractivity contribution in [2.75, 3.05) is 11.9 Å². The highest BCUT2D eigenvalue weighted by Gasteiger charge is 2.07. The van der Waals surface area contributed by atoms with Crippen LogP contribution in [0.3, 0.4) is 0 Å². The lowest BCUT2D eigenvalue weighted by Gasteiger charge is -2.09. The normalized spacial score (nSPS) is 10.0. The molecule has 0 spiro atoms. The van der Waals surface area contributed by atoms with E-state index in [1.54, 1.807) is 18.2 Å². The summed E-state index contributed by atoms with van der Waals surface area (Å²) in [7, 11) is 0. The maximum absolute atomic E-state index is 11.7. The summed E-state index contributed by atoms with van der Waals surface area (Å²) < 4.78 is 0. The monoisotopic (exact) mass is 282 g/mol. The van der Waals surface area contributed by atoms with Crippen LogP contribution in [-0.2, 0) is 0 Å². The number of carbonyl (C=O) groups is 1. The number of carbonyl (C=O) groups excluding carboxylic acids is 1. The molecule has 1 amide bonds. The first-order valence-corrected chi connectivity index (χ1v) is 6.67. The Bertz CT molecular complexity index is 650. The molecule has 5 heteroatoms. The van der Waals surface area contributed by atoms with Gasteiger partial charge in [0.15, 0.2) is 11.5 Å². The molecule has 0 saturated carbocycles. The van der Waals surface area contributed by atoms with Crippen LogP contribution in [0, 0.1) is 13.8 Å². The Morgan fingerprint density at radius 3 is 2.71 bits per heavy atom. The van der Waals surface area contributed by atoms with Gasteiger partial charge >= 0.3 is 0 Å². The minimum absolute atomic E-state index is 0.263. The van der Waals surface area contributed by atoms with Gasteiger partial charge in [-0.15, -0.1) is 16.8 Å². The molecule has 1 aromatic heterocycles. The number of hydrogen-bond acceptors (Lipinski definition) is 4. The second kappa shape index (κ2) is 6.65. The fourth-order valence-corrected chi connectivity index (χ4v) is 1.78. The van der Waals surface area contributed by atoms with Crippen molar-refractivity contribution < 1.29 is 4.79 Å². The van der Waals surface area contributed by atoms with Crippen molar-refractivity contribution in [2.45, 2.75) is 13.8 Å². The average molecular weight is 282 g/mol. The van der Waals surface area contributed by atoms with E-state index in [4.69, 9.17) is 0 Å². The molecule has 1 aromatic carbocycles. The summed E-state index contributed by atoms with van der Waals surface area (Å²) in [6.07, 6.45) is 1.61. The van der Waals surface area contributed by atoms with Crippen molar-refractivity contribution in [3.05, 3.63) is 59.8 Å². The van der Waals surface area contributed by atoms with Crippen LogP contribution in [0.4, 0.5) is 11.5 Å². The topological polar surface area (TPSA) is 66.9 Å². The Kier molecular flexibility index (Phi) is 4.66. The highest BCUT2D eigenvalue weighted by Crippen LogP contribution is 2.20. The molecule has 2 rings (SSSR count). The van der Waals surface area contributed by atoms with Crippen molar-refractivity contribution in [3.8, 4) is 0 Å². The number of nitrogens with zero attached hydrogens (tertiary/aromatic N) is 2. The van der Waals surface area contributed by atoms with E-state index in [9.17, 15) is 4.79 Å². The van der Waals surface area contributed by atoms with Gasteiger partial charge in [0.05, 0.1) is 0 Å². The molecular formula is C16H18N4O. The Morgan fingerprint density at radius 2 is 2.05 bits per heavy atom. The third kappa shape index (κ3) is 3.89. The standard InChI is InChI=1S/C16H18N4O/c1-4-9-17-16(21)13-7-8-15(20-19-13)18-14-10-11(2)5-6-12(14)3/h4-8,10H,1,9H2,2-3H3,(H,17,21)(H,18,20). The summed E-state index contributed by atoms with van der Waals surface area (Å²) >= 11 is 0. The van der Waals surface area contributed by atoms with Crippen LogP contribution in [0.15, 0.2) is 43.0 Å². The smallest absolute Gasteiger partial charge is 0.272 e. The predicted molar refractivity (Wildman–Crippen MR) is 83.8 cm³/mol. The summed E-state index contributed by atoms with van der Waals surface area (Å²) in [6.45, 7) is 8.00. The van der Waals surface area contributed by atoms with Gasteiger partial charge in [0.25, 0.3) is 5.91 Å². The first kappa shape index (κ1) is 14.7. The Labute approximate surface area is 124 Å². The fourth-order valence-electron chi connectivity index (χ4n) is 1.78. The van der Waals surface area contributed by atoms with Crippen molar-refractivity contribution >= 4 is 17.4 Å². The second-order valence-corrected chi connectivity index (χ2v) is 4.75. The van der Waals surface area contributed by atoms with Gasteiger partial charge in [-0.1, -0.05) is 18.2 Å². The number of nitrogens with one attached hydrogen (secondary N) is 2. The molecule has 0 radical (unpaired) electrons. The zero-order chi connectivity index (χ0) is 15.2. The molecule has 5 nitrogen and oxygen atoms in total. The van der Waals surface area contributed by atoms with Gasteiger partial charge in [0.1, 0.15) is 0 Å². The zero-order valence-corrected chi connectivity index (χ0v) is 12.2. The lowest BCUT2D eigenvalue weighted by atomic mass is 10.1. The highest BCUT2D eigenvalue weighted by atomic mass is 16.1. The van der Waals surface area contributed by atoms with E-state index in [-0.39, 0.29) is 11.6 Å². The van der Waals surface area contributed by atoms with Crippen LogP contribution in [-0.4, -0.2) is 22.6 Å². The molecule has 0 unspecified atom stereocenters. The number of amides is 1. The van der Waals surface area contributed by atoms with Gasteiger partial charge in [0.2, 0.25) is 0 Å². The number of benzene rings is 1. The lowest BCUT2D eigenvalue weighted by Crippen LogP contribution is -2.24. The van der Waals surface area contributed by atoms with Gasteiger partial charge in [-0.3, -0.25) is 4.79 Å². The van der Waals surface area contributed by atoms with Gasteiger partial charge in [0, 0.05) is 12.2 Å². The van der Waals surface area contributed by atoms with E-state index < -0.39 is 0 Å².